The molecule has 0 amide bonds. The molecule has 4 heterocycles. The van der Waals surface area contributed by atoms with Crippen LogP contribution in [0.4, 0.5) is 0 Å². The zero-order valence-electron chi connectivity index (χ0n) is 16.7. The summed E-state index contributed by atoms with van der Waals surface area (Å²) in [7, 11) is 0. The molecule has 7 heteroatoms. The quantitative estimate of drug-likeness (QED) is 0.388. The van der Waals surface area contributed by atoms with Crippen molar-refractivity contribution in [1.29, 1.82) is 0 Å². The van der Waals surface area contributed by atoms with Gasteiger partial charge in [-0.15, -0.1) is 21.5 Å². The van der Waals surface area contributed by atoms with Gasteiger partial charge in [0, 0.05) is 23.5 Å². The summed E-state index contributed by atoms with van der Waals surface area (Å²) in [5.41, 5.74) is 2.19. The minimum absolute atomic E-state index is 0.141. The summed E-state index contributed by atoms with van der Waals surface area (Å²) < 4.78 is 8.21. The van der Waals surface area contributed by atoms with E-state index >= 15 is 0 Å². The summed E-state index contributed by atoms with van der Waals surface area (Å²) in [6, 6.07) is 0. The summed E-state index contributed by atoms with van der Waals surface area (Å²) >= 11 is 3.57. The van der Waals surface area contributed by atoms with Crippen molar-refractivity contribution in [2.75, 3.05) is 5.75 Å². The number of aryl methyl sites for hydroxylation is 1. The number of ether oxygens (including phenoxy) is 1. The molecule has 0 fully saturated rings. The fourth-order valence-electron chi connectivity index (χ4n) is 3.70. The van der Waals surface area contributed by atoms with Crippen LogP contribution < -0.4 is 0 Å². The first-order valence-corrected chi connectivity index (χ1v) is 11.8. The number of nitrogens with zero attached hydrogens (tertiary/aromatic N) is 4. The molecule has 1 aliphatic heterocycles. The standard InChI is InChI=1S/C20H28N4OS2/c1-5-7-8-9-10-26-19-23-22-17-16-13-11-20(3,4)25-12-14(13)27-18(16)21-15(6-2)24(17)19/h5-12H2,1-4H3. The molecular formula is C20H28N4OS2. The highest BCUT2D eigenvalue weighted by molar-refractivity contribution is 7.99. The zero-order chi connectivity index (χ0) is 19.0. The van der Waals surface area contributed by atoms with Crippen LogP contribution in [-0.2, 0) is 24.2 Å². The molecule has 3 aromatic heterocycles. The molecule has 0 N–H and O–H groups in total. The lowest BCUT2D eigenvalue weighted by atomic mass is 9.94. The Balaban J connectivity index is 1.76. The van der Waals surface area contributed by atoms with E-state index in [0.29, 0.717) is 6.61 Å². The third-order valence-corrected chi connectivity index (χ3v) is 7.27. The molecule has 0 radical (unpaired) electrons. The Labute approximate surface area is 168 Å². The van der Waals surface area contributed by atoms with Crippen LogP contribution in [0.5, 0.6) is 0 Å². The van der Waals surface area contributed by atoms with Crippen LogP contribution in [0.1, 0.15) is 69.6 Å². The minimum atomic E-state index is -0.141. The van der Waals surface area contributed by atoms with Crippen LogP contribution >= 0.6 is 23.1 Å². The zero-order valence-corrected chi connectivity index (χ0v) is 18.3. The average Bonchev–Trinajstić information content (AvgIpc) is 3.21. The van der Waals surface area contributed by atoms with Crippen LogP contribution in [0.15, 0.2) is 5.16 Å². The molecule has 0 atom stereocenters. The number of thiophene rings is 1. The topological polar surface area (TPSA) is 52.3 Å². The lowest BCUT2D eigenvalue weighted by Crippen LogP contribution is -2.31. The van der Waals surface area contributed by atoms with Crippen LogP contribution in [0.2, 0.25) is 0 Å². The minimum Gasteiger partial charge on any atom is -0.370 e. The molecule has 146 valence electrons. The highest BCUT2D eigenvalue weighted by atomic mass is 32.2. The first kappa shape index (κ1) is 19.2. The van der Waals surface area contributed by atoms with Crippen LogP contribution in [0, 0.1) is 0 Å². The SMILES string of the molecule is CCCCCCSc1nnc2c3c4c(sc3nc(CC)n12)COC(C)(C)C4. The van der Waals surface area contributed by atoms with Crippen molar-refractivity contribution in [3.05, 3.63) is 16.3 Å². The average molecular weight is 405 g/mol. The van der Waals surface area contributed by atoms with Gasteiger partial charge in [-0.3, -0.25) is 4.40 Å². The Morgan fingerprint density at radius 2 is 2.04 bits per heavy atom. The molecular weight excluding hydrogens is 376 g/mol. The largest absolute Gasteiger partial charge is 0.370 e. The second-order valence-corrected chi connectivity index (χ2v) is 9.99. The number of thioether (sulfide) groups is 1. The second kappa shape index (κ2) is 7.68. The maximum Gasteiger partial charge on any atom is 0.197 e. The molecule has 0 spiro atoms. The highest BCUT2D eigenvalue weighted by Gasteiger charge is 2.31. The molecule has 27 heavy (non-hydrogen) atoms. The van der Waals surface area contributed by atoms with Crippen molar-refractivity contribution in [3.8, 4) is 0 Å². The highest BCUT2D eigenvalue weighted by Crippen LogP contribution is 2.40. The Morgan fingerprint density at radius 1 is 1.19 bits per heavy atom. The summed E-state index contributed by atoms with van der Waals surface area (Å²) in [6.07, 6.45) is 6.86. The van der Waals surface area contributed by atoms with Gasteiger partial charge in [0.25, 0.3) is 0 Å². The van der Waals surface area contributed by atoms with Gasteiger partial charge in [0.1, 0.15) is 10.7 Å². The molecule has 1 aliphatic rings. The molecule has 0 aromatic carbocycles. The van der Waals surface area contributed by atoms with Gasteiger partial charge in [0.15, 0.2) is 10.8 Å². The monoisotopic (exact) mass is 404 g/mol. The van der Waals surface area contributed by atoms with E-state index in [4.69, 9.17) is 9.72 Å². The predicted molar refractivity (Wildman–Crippen MR) is 113 cm³/mol. The van der Waals surface area contributed by atoms with Gasteiger partial charge in [-0.05, 0) is 25.8 Å². The molecule has 3 aromatic rings. The molecule has 0 saturated heterocycles. The van der Waals surface area contributed by atoms with Crippen LogP contribution in [0.3, 0.4) is 0 Å². The van der Waals surface area contributed by atoms with Crippen LogP contribution in [-0.4, -0.2) is 30.9 Å². The van der Waals surface area contributed by atoms with E-state index in [9.17, 15) is 0 Å². The number of hydrogen-bond donors (Lipinski definition) is 0. The second-order valence-electron chi connectivity index (χ2n) is 7.84. The van der Waals surface area contributed by atoms with Gasteiger partial charge < -0.3 is 4.74 Å². The number of aromatic nitrogens is 4. The fraction of sp³-hybridized carbons (Fsp3) is 0.650. The fourth-order valence-corrected chi connectivity index (χ4v) is 5.77. The number of hydrogen-bond acceptors (Lipinski definition) is 6. The van der Waals surface area contributed by atoms with E-state index in [2.05, 4.69) is 42.3 Å². The van der Waals surface area contributed by atoms with Crippen molar-refractivity contribution in [1.82, 2.24) is 19.6 Å². The summed E-state index contributed by atoms with van der Waals surface area (Å²) in [5.74, 6) is 2.14. The smallest absolute Gasteiger partial charge is 0.197 e. The van der Waals surface area contributed by atoms with Gasteiger partial charge in [0.05, 0.1) is 17.6 Å². The van der Waals surface area contributed by atoms with Gasteiger partial charge in [-0.1, -0.05) is 44.9 Å². The van der Waals surface area contributed by atoms with Crippen molar-refractivity contribution in [3.63, 3.8) is 0 Å². The van der Waals surface area contributed by atoms with E-state index in [0.717, 1.165) is 40.1 Å². The van der Waals surface area contributed by atoms with E-state index in [1.165, 1.54) is 41.5 Å². The lowest BCUT2D eigenvalue weighted by Gasteiger charge is -2.30. The van der Waals surface area contributed by atoms with Gasteiger partial charge in [-0.2, -0.15) is 0 Å². The summed E-state index contributed by atoms with van der Waals surface area (Å²) in [5, 5.41) is 11.3. The van der Waals surface area contributed by atoms with E-state index in [1.807, 2.05) is 11.8 Å². The molecule has 0 bridgehead atoms. The molecule has 4 rings (SSSR count). The van der Waals surface area contributed by atoms with Crippen molar-refractivity contribution >= 4 is 39.0 Å². The lowest BCUT2D eigenvalue weighted by molar-refractivity contribution is -0.0379. The third-order valence-electron chi connectivity index (χ3n) is 5.16. The molecule has 0 saturated carbocycles. The molecule has 0 aliphatic carbocycles. The van der Waals surface area contributed by atoms with Crippen molar-refractivity contribution < 1.29 is 4.74 Å². The Kier molecular flexibility index (Phi) is 5.45. The normalized spacial score (nSPS) is 16.3. The summed E-state index contributed by atoms with van der Waals surface area (Å²) in [6.45, 7) is 9.39. The Morgan fingerprint density at radius 3 is 2.81 bits per heavy atom. The van der Waals surface area contributed by atoms with E-state index < -0.39 is 0 Å². The molecule has 0 unspecified atom stereocenters. The van der Waals surface area contributed by atoms with Crippen LogP contribution in [0.25, 0.3) is 15.9 Å². The predicted octanol–water partition coefficient (Wildman–Crippen LogP) is 5.43. The Hall–Kier alpha value is -1.18. The van der Waals surface area contributed by atoms with Gasteiger partial charge in [-0.25, -0.2) is 4.98 Å². The number of fused-ring (bicyclic) bond motifs is 5. The Bertz CT molecular complexity index is 960. The van der Waals surface area contributed by atoms with Crippen molar-refractivity contribution in [2.45, 2.75) is 83.6 Å². The van der Waals surface area contributed by atoms with Gasteiger partial charge >= 0.3 is 0 Å². The molecule has 5 nitrogen and oxygen atoms in total. The first-order chi connectivity index (χ1) is 13.0. The third kappa shape index (κ3) is 3.61. The maximum absolute atomic E-state index is 6.02. The summed E-state index contributed by atoms with van der Waals surface area (Å²) in [4.78, 5) is 7.37. The van der Waals surface area contributed by atoms with E-state index in [1.54, 1.807) is 11.3 Å². The number of rotatable bonds is 7. The van der Waals surface area contributed by atoms with Gasteiger partial charge in [0.2, 0.25) is 0 Å². The van der Waals surface area contributed by atoms with Crippen molar-refractivity contribution in [2.24, 2.45) is 0 Å². The number of unbranched alkanes of at least 4 members (excludes halogenated alkanes) is 3. The maximum atomic E-state index is 6.02. The van der Waals surface area contributed by atoms with E-state index in [-0.39, 0.29) is 5.60 Å². The first-order valence-electron chi connectivity index (χ1n) is 9.99.